The van der Waals surface area contributed by atoms with E-state index in [1.54, 1.807) is 0 Å². The summed E-state index contributed by atoms with van der Waals surface area (Å²) in [6, 6.07) is 14.2. The van der Waals surface area contributed by atoms with Crippen molar-refractivity contribution >= 4 is 23.6 Å². The Morgan fingerprint density at radius 2 is 0.836 bits per heavy atom. The molecular formula is C34H39N9O12. The average Bonchev–Trinajstić information content (AvgIpc) is 3.16. The van der Waals surface area contributed by atoms with Crippen LogP contribution in [0.4, 0.5) is 0 Å². The molecule has 21 heteroatoms. The fourth-order valence-corrected chi connectivity index (χ4v) is 5.39. The highest BCUT2D eigenvalue weighted by atomic mass is 16.5. The van der Waals surface area contributed by atoms with E-state index in [9.17, 15) is 59.2 Å². The first-order valence-corrected chi connectivity index (χ1v) is 16.8. The standard InChI is InChI=1S/C34H39N9O12/c35-39(34(51)26-12-6-16-30(47)43(26)55)22-8-21-38(33(50)25-11-5-15-29(46)42(25)54)19-2-1-18-37(32(49)24-10-4-14-28(45)41(24)53)20-7-17-36-31(48)23-9-3-13-27(44)40(23)52/h3-6,9-16,52-55H,1-2,7-8,17-22,35H2,(H,36,48). The van der Waals surface area contributed by atoms with Crippen molar-refractivity contribution in [1.82, 2.24) is 39.0 Å². The van der Waals surface area contributed by atoms with Crippen LogP contribution in [0, 0.1) is 0 Å². The Bertz CT molecular complexity index is 2280. The molecule has 21 nitrogen and oxygen atoms in total. The summed E-state index contributed by atoms with van der Waals surface area (Å²) in [5.74, 6) is 2.79. The van der Waals surface area contributed by atoms with E-state index in [0.29, 0.717) is 0 Å². The number of hydrazine groups is 1. The highest BCUT2D eigenvalue weighted by molar-refractivity contribution is 5.94. The summed E-state index contributed by atoms with van der Waals surface area (Å²) >= 11 is 0. The zero-order chi connectivity index (χ0) is 40.2. The van der Waals surface area contributed by atoms with Crippen LogP contribution < -0.4 is 33.4 Å². The second kappa shape index (κ2) is 18.6. The molecule has 0 aliphatic heterocycles. The van der Waals surface area contributed by atoms with Crippen LogP contribution >= 0.6 is 0 Å². The maximum absolute atomic E-state index is 13.5. The summed E-state index contributed by atoms with van der Waals surface area (Å²) in [7, 11) is 0. The number of pyridine rings is 4. The number of rotatable bonds is 17. The SMILES string of the molecule is NN(CCCN(CCCCN(CCCNC(=O)c1cccc(=O)n1O)C(=O)c1cccc(=O)n1O)C(=O)c1cccc(=O)n1O)C(=O)c1cccc(=O)n1O. The Morgan fingerprint density at radius 1 is 0.491 bits per heavy atom. The number of carbonyl (C=O) groups excluding carboxylic acids is 4. The summed E-state index contributed by atoms with van der Waals surface area (Å²) in [5.41, 5.74) is -4.73. The monoisotopic (exact) mass is 765 g/mol. The van der Waals surface area contributed by atoms with Crippen LogP contribution in [0.15, 0.2) is 92.0 Å². The van der Waals surface area contributed by atoms with Gasteiger partial charge in [0.15, 0.2) is 0 Å². The van der Waals surface area contributed by atoms with Crippen molar-refractivity contribution in [2.45, 2.75) is 25.7 Å². The van der Waals surface area contributed by atoms with E-state index in [0.717, 1.165) is 29.3 Å². The lowest BCUT2D eigenvalue weighted by Gasteiger charge is -2.26. The lowest BCUT2D eigenvalue weighted by Crippen LogP contribution is -2.43. The number of carbonyl (C=O) groups is 4. The minimum absolute atomic E-state index is 0.00404. The Kier molecular flexibility index (Phi) is 13.7. The minimum atomic E-state index is -0.880. The molecule has 0 unspecified atom stereocenters. The smallest absolute Gasteiger partial charge is 0.287 e. The van der Waals surface area contributed by atoms with Gasteiger partial charge >= 0.3 is 0 Å². The van der Waals surface area contributed by atoms with Gasteiger partial charge in [0.2, 0.25) is 0 Å². The third-order valence-corrected chi connectivity index (χ3v) is 8.27. The van der Waals surface area contributed by atoms with Gasteiger partial charge in [0.1, 0.15) is 22.8 Å². The molecule has 7 N–H and O–H groups in total. The molecule has 55 heavy (non-hydrogen) atoms. The predicted molar refractivity (Wildman–Crippen MR) is 189 cm³/mol. The maximum Gasteiger partial charge on any atom is 0.287 e. The van der Waals surface area contributed by atoms with Crippen LogP contribution in [0.5, 0.6) is 0 Å². The van der Waals surface area contributed by atoms with Crippen molar-refractivity contribution in [1.29, 1.82) is 0 Å². The lowest BCUT2D eigenvalue weighted by atomic mass is 10.2. The van der Waals surface area contributed by atoms with Crippen LogP contribution in [0.1, 0.15) is 67.6 Å². The molecule has 0 saturated heterocycles. The van der Waals surface area contributed by atoms with E-state index < -0.39 is 45.9 Å². The zero-order valence-electron chi connectivity index (χ0n) is 29.3. The number of amides is 4. The van der Waals surface area contributed by atoms with Crippen LogP contribution in [0.2, 0.25) is 0 Å². The van der Waals surface area contributed by atoms with Crippen molar-refractivity contribution in [3.8, 4) is 0 Å². The van der Waals surface area contributed by atoms with Crippen molar-refractivity contribution in [2.75, 3.05) is 39.3 Å². The van der Waals surface area contributed by atoms with Gasteiger partial charge in [-0.2, -0.15) is 0 Å². The van der Waals surface area contributed by atoms with Crippen LogP contribution in [-0.4, -0.2) is 117 Å². The molecule has 0 aromatic carbocycles. The summed E-state index contributed by atoms with van der Waals surface area (Å²) in [5, 5.41) is 43.5. The van der Waals surface area contributed by atoms with Crippen LogP contribution in [0.25, 0.3) is 0 Å². The molecular weight excluding hydrogens is 726 g/mol. The highest BCUT2D eigenvalue weighted by Crippen LogP contribution is 2.10. The number of hydrogen-bond donors (Lipinski definition) is 6. The third kappa shape index (κ3) is 10.0. The Hall–Kier alpha value is -7.16. The first-order valence-electron chi connectivity index (χ1n) is 16.8. The highest BCUT2D eigenvalue weighted by Gasteiger charge is 2.23. The van der Waals surface area contributed by atoms with Gasteiger partial charge < -0.3 is 35.9 Å². The quantitative estimate of drug-likeness (QED) is 0.0244. The number of unbranched alkanes of at least 4 members (excludes halogenated alkanes) is 1. The van der Waals surface area contributed by atoms with Crippen molar-refractivity contribution in [2.24, 2.45) is 5.84 Å². The van der Waals surface area contributed by atoms with Gasteiger partial charge in [0.25, 0.3) is 45.9 Å². The second-order valence-corrected chi connectivity index (χ2v) is 12.0. The zero-order valence-corrected chi connectivity index (χ0v) is 29.3. The lowest BCUT2D eigenvalue weighted by molar-refractivity contribution is 0.0636. The molecule has 292 valence electrons. The van der Waals surface area contributed by atoms with E-state index in [4.69, 9.17) is 5.84 Å². The Labute approximate surface area is 310 Å². The summed E-state index contributed by atoms with van der Waals surface area (Å²) in [6.45, 7) is -0.134. The van der Waals surface area contributed by atoms with E-state index in [1.165, 1.54) is 58.3 Å². The normalized spacial score (nSPS) is 10.8. The summed E-state index contributed by atoms with van der Waals surface area (Å²) in [4.78, 5) is 102. The number of nitrogens with one attached hydrogen (secondary N) is 1. The number of hydrogen-bond acceptors (Lipinski definition) is 13. The summed E-state index contributed by atoms with van der Waals surface area (Å²) in [6.07, 6.45) is 0.727. The molecule has 0 aliphatic carbocycles. The van der Waals surface area contributed by atoms with Gasteiger partial charge in [-0.3, -0.25) is 43.4 Å². The van der Waals surface area contributed by atoms with Crippen molar-refractivity contribution in [3.05, 3.63) is 137 Å². The molecule has 0 atom stereocenters. The number of aromatic nitrogens is 4. The number of nitrogens with zero attached hydrogens (tertiary/aromatic N) is 7. The average molecular weight is 766 g/mol. The molecule has 4 amide bonds. The Balaban J connectivity index is 1.43. The molecule has 0 saturated carbocycles. The van der Waals surface area contributed by atoms with Gasteiger partial charge in [-0.05, 0) is 49.9 Å². The van der Waals surface area contributed by atoms with E-state index in [-0.39, 0.29) is 107 Å². The van der Waals surface area contributed by atoms with Crippen LogP contribution in [0.3, 0.4) is 0 Å². The topological polar surface area (TPSA) is 285 Å². The minimum Gasteiger partial charge on any atom is -0.425 e. The largest absolute Gasteiger partial charge is 0.425 e. The van der Waals surface area contributed by atoms with Gasteiger partial charge in [-0.1, -0.05) is 24.3 Å². The summed E-state index contributed by atoms with van der Waals surface area (Å²) < 4.78 is 0.729. The van der Waals surface area contributed by atoms with Crippen molar-refractivity contribution in [3.63, 3.8) is 0 Å². The molecule has 0 bridgehead atoms. The van der Waals surface area contributed by atoms with Gasteiger partial charge in [0.05, 0.1) is 0 Å². The van der Waals surface area contributed by atoms with E-state index >= 15 is 0 Å². The first kappa shape index (κ1) is 40.6. The van der Waals surface area contributed by atoms with E-state index in [1.807, 2.05) is 0 Å². The first-order chi connectivity index (χ1) is 26.2. The van der Waals surface area contributed by atoms with E-state index in [2.05, 4.69) is 5.32 Å². The van der Waals surface area contributed by atoms with Gasteiger partial charge in [-0.15, -0.1) is 18.9 Å². The maximum atomic E-state index is 13.5. The molecule has 4 aromatic heterocycles. The fourth-order valence-electron chi connectivity index (χ4n) is 5.39. The molecule has 0 aliphatic rings. The second-order valence-electron chi connectivity index (χ2n) is 12.0. The number of nitrogens with two attached hydrogens (primary N) is 1. The molecule has 4 heterocycles. The van der Waals surface area contributed by atoms with Gasteiger partial charge in [-0.25, -0.2) is 5.84 Å². The molecule has 0 radical (unpaired) electrons. The molecule has 4 rings (SSSR count). The Morgan fingerprint density at radius 3 is 1.27 bits per heavy atom. The van der Waals surface area contributed by atoms with Gasteiger partial charge in [0, 0.05) is 63.5 Å². The molecule has 0 spiro atoms. The molecule has 4 aromatic rings. The van der Waals surface area contributed by atoms with Crippen molar-refractivity contribution < 1.29 is 40.0 Å². The molecule has 0 fully saturated rings. The van der Waals surface area contributed by atoms with Crippen LogP contribution in [-0.2, 0) is 0 Å². The third-order valence-electron chi connectivity index (χ3n) is 8.27. The predicted octanol–water partition coefficient (Wildman–Crippen LogP) is -1.13. The fraction of sp³-hybridized carbons (Fsp3) is 0.294.